The number of anilines is 1. The van der Waals surface area contributed by atoms with Crippen LogP contribution in [0.1, 0.15) is 26.4 Å². The van der Waals surface area contributed by atoms with Crippen molar-refractivity contribution in [3.05, 3.63) is 89.7 Å². The minimum absolute atomic E-state index is 0.0594. The summed E-state index contributed by atoms with van der Waals surface area (Å²) >= 11 is 5.26. The van der Waals surface area contributed by atoms with E-state index in [-0.39, 0.29) is 22.3 Å². The molecule has 2 N–H and O–H groups in total. The molecule has 2 amide bonds. The minimum Gasteiger partial charge on any atom is -0.489 e. The van der Waals surface area contributed by atoms with Crippen LogP contribution in [0.2, 0.25) is 0 Å². The fourth-order valence-electron chi connectivity index (χ4n) is 2.71. The van der Waals surface area contributed by atoms with E-state index in [0.29, 0.717) is 18.0 Å². The van der Waals surface area contributed by atoms with Crippen molar-refractivity contribution in [2.24, 2.45) is 0 Å². The Kier molecular flexibility index (Phi) is 7.29. The maximum Gasteiger partial charge on any atom is 0.272 e. The maximum atomic E-state index is 12.6. The van der Waals surface area contributed by atoms with Gasteiger partial charge in [-0.15, -0.1) is 0 Å². The highest BCUT2D eigenvalue weighted by molar-refractivity contribution is 7.80. The summed E-state index contributed by atoms with van der Waals surface area (Å²) in [6.07, 6.45) is 1.46. The highest BCUT2D eigenvalue weighted by Crippen LogP contribution is 2.19. The van der Waals surface area contributed by atoms with E-state index in [2.05, 4.69) is 15.6 Å². The van der Waals surface area contributed by atoms with Gasteiger partial charge in [-0.2, -0.15) is 0 Å². The van der Waals surface area contributed by atoms with Gasteiger partial charge in [0.05, 0.1) is 5.56 Å². The number of nitrogens with zero attached hydrogens (tertiary/aromatic N) is 2. The van der Waals surface area contributed by atoms with Gasteiger partial charge < -0.3 is 15.0 Å². The number of thiocarbonyl (C=S) groups is 1. The number of nitrogens with one attached hydrogen (secondary N) is 2. The lowest BCUT2D eigenvalue weighted by molar-refractivity contribution is 0.0813. The van der Waals surface area contributed by atoms with E-state index in [0.717, 1.165) is 5.56 Å². The first-order chi connectivity index (χ1) is 14.9. The molecule has 158 valence electrons. The monoisotopic (exact) mass is 434 g/mol. The van der Waals surface area contributed by atoms with Crippen LogP contribution >= 0.6 is 12.2 Å². The molecule has 0 bridgehead atoms. The lowest BCUT2D eigenvalue weighted by Crippen LogP contribution is -2.36. The third-order valence-electron chi connectivity index (χ3n) is 4.23. The molecule has 1 aromatic heterocycles. The molecule has 0 fully saturated rings. The molecule has 0 aliphatic rings. The molecule has 1 heterocycles. The highest BCUT2D eigenvalue weighted by atomic mass is 32.1. The van der Waals surface area contributed by atoms with E-state index in [9.17, 15) is 9.59 Å². The van der Waals surface area contributed by atoms with Gasteiger partial charge in [0, 0.05) is 32.0 Å². The second-order valence-corrected chi connectivity index (χ2v) is 7.22. The first kappa shape index (κ1) is 21.9. The average Bonchev–Trinajstić information content (AvgIpc) is 2.78. The zero-order chi connectivity index (χ0) is 22.2. The smallest absolute Gasteiger partial charge is 0.272 e. The zero-order valence-electron chi connectivity index (χ0n) is 17.2. The Bertz CT molecular complexity index is 1090. The summed E-state index contributed by atoms with van der Waals surface area (Å²) in [5.41, 5.74) is 1.92. The van der Waals surface area contributed by atoms with Gasteiger partial charge >= 0.3 is 0 Å². The van der Waals surface area contributed by atoms with Crippen molar-refractivity contribution < 1.29 is 14.3 Å². The first-order valence-electron chi connectivity index (χ1n) is 9.50. The predicted octanol–water partition coefficient (Wildman–Crippen LogP) is 3.49. The molecule has 31 heavy (non-hydrogen) atoms. The van der Waals surface area contributed by atoms with Crippen molar-refractivity contribution in [2.75, 3.05) is 19.4 Å². The molecular weight excluding hydrogens is 412 g/mol. The van der Waals surface area contributed by atoms with Crippen molar-refractivity contribution in [2.45, 2.75) is 6.61 Å². The molecule has 0 atom stereocenters. The van der Waals surface area contributed by atoms with E-state index < -0.39 is 5.91 Å². The lowest BCUT2D eigenvalue weighted by Gasteiger charge is -2.14. The molecule has 0 saturated heterocycles. The summed E-state index contributed by atoms with van der Waals surface area (Å²) in [6, 6.07) is 20.2. The molecule has 3 aromatic rings. The Labute approximate surface area is 186 Å². The molecule has 0 spiro atoms. The molecule has 3 rings (SSSR count). The quantitative estimate of drug-likeness (QED) is 0.578. The first-order valence-corrected chi connectivity index (χ1v) is 9.90. The van der Waals surface area contributed by atoms with E-state index in [1.807, 2.05) is 42.5 Å². The number of rotatable bonds is 6. The van der Waals surface area contributed by atoms with E-state index in [4.69, 9.17) is 17.0 Å². The Morgan fingerprint density at radius 3 is 2.55 bits per heavy atom. The summed E-state index contributed by atoms with van der Waals surface area (Å²) in [7, 11) is 3.19. The van der Waals surface area contributed by atoms with Gasteiger partial charge in [0.15, 0.2) is 5.11 Å². The van der Waals surface area contributed by atoms with E-state index in [1.54, 1.807) is 32.3 Å². The number of ether oxygens (including phenoxy) is 1. The van der Waals surface area contributed by atoms with Crippen LogP contribution < -0.4 is 15.4 Å². The zero-order valence-corrected chi connectivity index (χ0v) is 18.0. The molecule has 2 aromatic carbocycles. The van der Waals surface area contributed by atoms with Crippen molar-refractivity contribution in [3.63, 3.8) is 0 Å². The topological polar surface area (TPSA) is 83.6 Å². The minimum atomic E-state index is -0.521. The largest absolute Gasteiger partial charge is 0.489 e. The SMILES string of the molecule is CN(C)C(=O)c1ncccc1C(=O)NC(=S)Nc1cccc(OCc2ccccc2)c1. The Balaban J connectivity index is 1.62. The van der Waals surface area contributed by atoms with E-state index in [1.165, 1.54) is 17.2 Å². The number of hydrogen-bond acceptors (Lipinski definition) is 5. The predicted molar refractivity (Wildman–Crippen MR) is 123 cm³/mol. The summed E-state index contributed by atoms with van der Waals surface area (Å²) in [6.45, 7) is 0.440. The second kappa shape index (κ2) is 10.3. The van der Waals surface area contributed by atoms with Gasteiger partial charge in [-0.1, -0.05) is 36.4 Å². The number of carbonyl (C=O) groups excluding carboxylic acids is 2. The number of hydrogen-bond donors (Lipinski definition) is 2. The number of benzene rings is 2. The summed E-state index contributed by atoms with van der Waals surface area (Å²) < 4.78 is 5.81. The van der Waals surface area contributed by atoms with Crippen molar-refractivity contribution in [1.82, 2.24) is 15.2 Å². The van der Waals surface area contributed by atoms with Crippen LogP contribution in [0.4, 0.5) is 5.69 Å². The van der Waals surface area contributed by atoms with Gasteiger partial charge in [-0.25, -0.2) is 0 Å². The normalized spacial score (nSPS) is 10.1. The molecular formula is C23H22N4O3S. The third-order valence-corrected chi connectivity index (χ3v) is 4.43. The molecule has 0 radical (unpaired) electrons. The maximum absolute atomic E-state index is 12.6. The fourth-order valence-corrected chi connectivity index (χ4v) is 2.92. The van der Waals surface area contributed by atoms with Crippen molar-refractivity contribution in [3.8, 4) is 5.75 Å². The van der Waals surface area contributed by atoms with Crippen molar-refractivity contribution >= 4 is 34.8 Å². The summed E-state index contributed by atoms with van der Waals surface area (Å²) in [5, 5.41) is 5.64. The number of aromatic nitrogens is 1. The van der Waals surface area contributed by atoms with Crippen LogP contribution in [0.5, 0.6) is 5.75 Å². The van der Waals surface area contributed by atoms with Gasteiger partial charge in [0.25, 0.3) is 11.8 Å². The summed E-state index contributed by atoms with van der Waals surface area (Å²) in [5.74, 6) is -0.228. The van der Waals surface area contributed by atoms with Crippen LogP contribution in [0.15, 0.2) is 72.9 Å². The number of pyridine rings is 1. The van der Waals surface area contributed by atoms with Gasteiger partial charge in [0.2, 0.25) is 0 Å². The lowest BCUT2D eigenvalue weighted by atomic mass is 10.1. The Morgan fingerprint density at radius 1 is 1.03 bits per heavy atom. The van der Waals surface area contributed by atoms with Crippen molar-refractivity contribution in [1.29, 1.82) is 0 Å². The Morgan fingerprint density at radius 2 is 1.81 bits per heavy atom. The summed E-state index contributed by atoms with van der Waals surface area (Å²) in [4.78, 5) is 30.3. The molecule has 7 nitrogen and oxygen atoms in total. The van der Waals surface area contributed by atoms with Crippen LogP contribution in [0.25, 0.3) is 0 Å². The molecule has 8 heteroatoms. The average molecular weight is 435 g/mol. The van der Waals surface area contributed by atoms with Gasteiger partial charge in [-0.05, 0) is 42.0 Å². The Hall–Kier alpha value is -3.78. The number of amides is 2. The third kappa shape index (κ3) is 6.10. The number of carbonyl (C=O) groups is 2. The molecule has 0 saturated carbocycles. The molecule has 0 aliphatic carbocycles. The van der Waals surface area contributed by atoms with Crippen LogP contribution in [0, 0.1) is 0 Å². The fraction of sp³-hybridized carbons (Fsp3) is 0.130. The van der Waals surface area contributed by atoms with Crippen LogP contribution in [0.3, 0.4) is 0 Å². The van der Waals surface area contributed by atoms with Crippen LogP contribution in [-0.2, 0) is 6.61 Å². The standard InChI is InChI=1S/C23H22N4O3S/c1-27(2)22(29)20-19(12-7-13-24-20)21(28)26-23(31)25-17-10-6-11-18(14-17)30-15-16-8-4-3-5-9-16/h3-14H,15H2,1-2H3,(H2,25,26,28,31). The molecule has 0 aliphatic heterocycles. The highest BCUT2D eigenvalue weighted by Gasteiger charge is 2.20. The van der Waals surface area contributed by atoms with Gasteiger partial charge in [-0.3, -0.25) is 19.9 Å². The second-order valence-electron chi connectivity index (χ2n) is 6.81. The van der Waals surface area contributed by atoms with E-state index >= 15 is 0 Å². The van der Waals surface area contributed by atoms with Gasteiger partial charge in [0.1, 0.15) is 18.1 Å². The van der Waals surface area contributed by atoms with Crippen LogP contribution in [-0.4, -0.2) is 40.9 Å². The molecule has 0 unspecified atom stereocenters.